The van der Waals surface area contributed by atoms with Crippen molar-refractivity contribution in [1.82, 2.24) is 0 Å². The van der Waals surface area contributed by atoms with E-state index in [2.05, 4.69) is 23.2 Å². The summed E-state index contributed by atoms with van der Waals surface area (Å²) in [5.41, 5.74) is 3.20. The van der Waals surface area contributed by atoms with Crippen molar-refractivity contribution in [3.8, 4) is 11.8 Å². The zero-order valence-corrected chi connectivity index (χ0v) is 10.2. The summed E-state index contributed by atoms with van der Waals surface area (Å²) in [6.07, 6.45) is 3.29. The first kappa shape index (κ1) is 11.7. The number of fused-ring (bicyclic) bond motifs is 1. The molecule has 1 heterocycles. The number of ketones is 1. The predicted octanol–water partition coefficient (Wildman–Crippen LogP) is 3.03. The fourth-order valence-electron chi connectivity index (χ4n) is 2.21. The Balaban J connectivity index is 2.19. The maximum atomic E-state index is 12.1. The number of rotatable bonds is 3. The first-order valence-electron chi connectivity index (χ1n) is 6.11. The van der Waals surface area contributed by atoms with E-state index in [1.165, 1.54) is 5.56 Å². The molecule has 0 fully saturated rings. The van der Waals surface area contributed by atoms with Gasteiger partial charge in [-0.15, -0.1) is 11.8 Å². The Morgan fingerprint density at radius 3 is 3.18 bits per heavy atom. The molecule has 0 saturated heterocycles. The number of carbonyl (C=O) groups is 1. The standard InChI is InChI=1S/C15H17NO/c1-2-3-4-10-15(17)13-7-5-9-14-12(13)8-6-11-16-14/h5,7,9,16H,4,6,8,10-11H2,1H3. The second kappa shape index (κ2) is 5.54. The van der Waals surface area contributed by atoms with Gasteiger partial charge in [-0.3, -0.25) is 4.79 Å². The van der Waals surface area contributed by atoms with Crippen LogP contribution in [0.25, 0.3) is 0 Å². The number of anilines is 1. The molecule has 0 atom stereocenters. The largest absolute Gasteiger partial charge is 0.385 e. The van der Waals surface area contributed by atoms with Crippen LogP contribution in [0.3, 0.4) is 0 Å². The molecular formula is C15H17NO. The molecule has 2 heteroatoms. The van der Waals surface area contributed by atoms with Crippen molar-refractivity contribution in [3.63, 3.8) is 0 Å². The van der Waals surface area contributed by atoms with E-state index in [1.54, 1.807) is 6.92 Å². The number of carbonyl (C=O) groups excluding carboxylic acids is 1. The van der Waals surface area contributed by atoms with Gasteiger partial charge < -0.3 is 5.32 Å². The summed E-state index contributed by atoms with van der Waals surface area (Å²) in [5, 5.41) is 3.34. The molecule has 0 unspecified atom stereocenters. The van der Waals surface area contributed by atoms with E-state index in [-0.39, 0.29) is 5.78 Å². The zero-order chi connectivity index (χ0) is 12.1. The number of Topliss-reactive ketones (excluding diaryl/α,β-unsaturated/α-hetero) is 1. The predicted molar refractivity (Wildman–Crippen MR) is 70.3 cm³/mol. The topological polar surface area (TPSA) is 29.1 Å². The number of nitrogens with one attached hydrogen (secondary N) is 1. The van der Waals surface area contributed by atoms with Crippen molar-refractivity contribution >= 4 is 11.5 Å². The van der Waals surface area contributed by atoms with E-state index >= 15 is 0 Å². The van der Waals surface area contributed by atoms with Crippen LogP contribution >= 0.6 is 0 Å². The van der Waals surface area contributed by atoms with Gasteiger partial charge in [-0.25, -0.2) is 0 Å². The molecule has 0 bridgehead atoms. The monoisotopic (exact) mass is 227 g/mol. The van der Waals surface area contributed by atoms with Crippen molar-refractivity contribution in [1.29, 1.82) is 0 Å². The summed E-state index contributed by atoms with van der Waals surface area (Å²) in [4.78, 5) is 12.1. The van der Waals surface area contributed by atoms with Gasteiger partial charge in [0.1, 0.15) is 0 Å². The zero-order valence-electron chi connectivity index (χ0n) is 10.2. The maximum absolute atomic E-state index is 12.1. The average Bonchev–Trinajstić information content (AvgIpc) is 2.38. The van der Waals surface area contributed by atoms with Gasteiger partial charge in [0.05, 0.1) is 0 Å². The molecule has 1 aromatic carbocycles. The Labute approximate surface area is 102 Å². The fraction of sp³-hybridized carbons (Fsp3) is 0.400. The van der Waals surface area contributed by atoms with Gasteiger partial charge >= 0.3 is 0 Å². The Kier molecular flexibility index (Phi) is 3.82. The second-order valence-corrected chi connectivity index (χ2v) is 4.21. The molecule has 17 heavy (non-hydrogen) atoms. The van der Waals surface area contributed by atoms with Gasteiger partial charge in [0.15, 0.2) is 5.78 Å². The van der Waals surface area contributed by atoms with E-state index in [0.717, 1.165) is 30.6 Å². The smallest absolute Gasteiger partial charge is 0.164 e. The molecule has 1 aromatic rings. The fourth-order valence-corrected chi connectivity index (χ4v) is 2.21. The van der Waals surface area contributed by atoms with E-state index in [1.807, 2.05) is 12.1 Å². The highest BCUT2D eigenvalue weighted by Gasteiger charge is 2.16. The van der Waals surface area contributed by atoms with Gasteiger partial charge in [-0.1, -0.05) is 12.1 Å². The SMILES string of the molecule is CC#CCCC(=O)c1cccc2c1CCCN2. The minimum atomic E-state index is 0.216. The molecule has 0 radical (unpaired) electrons. The highest BCUT2D eigenvalue weighted by atomic mass is 16.1. The van der Waals surface area contributed by atoms with Crippen molar-refractivity contribution in [2.24, 2.45) is 0 Å². The van der Waals surface area contributed by atoms with Gasteiger partial charge in [0.25, 0.3) is 0 Å². The minimum absolute atomic E-state index is 0.216. The highest BCUT2D eigenvalue weighted by molar-refractivity contribution is 5.99. The third-order valence-electron chi connectivity index (χ3n) is 3.05. The normalized spacial score (nSPS) is 13.0. The lowest BCUT2D eigenvalue weighted by atomic mass is 9.94. The highest BCUT2D eigenvalue weighted by Crippen LogP contribution is 2.26. The first-order chi connectivity index (χ1) is 8.33. The summed E-state index contributed by atoms with van der Waals surface area (Å²) in [7, 11) is 0. The molecule has 1 N–H and O–H groups in total. The number of hydrogen-bond acceptors (Lipinski definition) is 2. The number of hydrogen-bond donors (Lipinski definition) is 1. The summed E-state index contributed by atoms with van der Waals surface area (Å²) in [6.45, 7) is 2.81. The van der Waals surface area contributed by atoms with Crippen LogP contribution in [0.2, 0.25) is 0 Å². The molecule has 1 aliphatic rings. The molecule has 0 aromatic heterocycles. The van der Waals surface area contributed by atoms with Gasteiger partial charge in [0, 0.05) is 30.6 Å². The first-order valence-corrected chi connectivity index (χ1v) is 6.11. The summed E-state index contributed by atoms with van der Waals surface area (Å²) >= 11 is 0. The van der Waals surface area contributed by atoms with Crippen LogP contribution in [0.1, 0.15) is 42.1 Å². The van der Waals surface area contributed by atoms with E-state index < -0.39 is 0 Å². The van der Waals surface area contributed by atoms with Gasteiger partial charge in [0.2, 0.25) is 0 Å². The third kappa shape index (κ3) is 2.68. The molecule has 1 aliphatic heterocycles. The lowest BCUT2D eigenvalue weighted by Gasteiger charge is -2.20. The molecule has 0 aliphatic carbocycles. The van der Waals surface area contributed by atoms with Crippen LogP contribution in [0.4, 0.5) is 5.69 Å². The molecule has 2 nitrogen and oxygen atoms in total. The van der Waals surface area contributed by atoms with Crippen LogP contribution in [0, 0.1) is 11.8 Å². The molecular weight excluding hydrogens is 210 g/mol. The second-order valence-electron chi connectivity index (χ2n) is 4.21. The van der Waals surface area contributed by atoms with Crippen molar-refractivity contribution < 1.29 is 4.79 Å². The van der Waals surface area contributed by atoms with Crippen LogP contribution in [0.15, 0.2) is 18.2 Å². The quantitative estimate of drug-likeness (QED) is 0.635. The van der Waals surface area contributed by atoms with E-state index in [4.69, 9.17) is 0 Å². The average molecular weight is 227 g/mol. The molecule has 2 rings (SSSR count). The van der Waals surface area contributed by atoms with Gasteiger partial charge in [-0.2, -0.15) is 0 Å². The van der Waals surface area contributed by atoms with Gasteiger partial charge in [-0.05, 0) is 31.4 Å². The van der Waals surface area contributed by atoms with Crippen molar-refractivity contribution in [2.45, 2.75) is 32.6 Å². The summed E-state index contributed by atoms with van der Waals surface area (Å²) in [5.74, 6) is 5.98. The Hall–Kier alpha value is -1.75. The van der Waals surface area contributed by atoms with Crippen LogP contribution in [-0.2, 0) is 6.42 Å². The molecule has 0 amide bonds. The minimum Gasteiger partial charge on any atom is -0.385 e. The van der Waals surface area contributed by atoms with Crippen LogP contribution in [0.5, 0.6) is 0 Å². The Morgan fingerprint density at radius 2 is 2.35 bits per heavy atom. The lowest BCUT2D eigenvalue weighted by Crippen LogP contribution is -2.15. The van der Waals surface area contributed by atoms with E-state index in [9.17, 15) is 4.79 Å². The lowest BCUT2D eigenvalue weighted by molar-refractivity contribution is 0.0983. The van der Waals surface area contributed by atoms with Crippen molar-refractivity contribution in [2.75, 3.05) is 11.9 Å². The molecule has 88 valence electrons. The third-order valence-corrected chi connectivity index (χ3v) is 3.05. The van der Waals surface area contributed by atoms with Crippen LogP contribution in [-0.4, -0.2) is 12.3 Å². The van der Waals surface area contributed by atoms with E-state index in [0.29, 0.717) is 12.8 Å². The summed E-state index contributed by atoms with van der Waals surface area (Å²) < 4.78 is 0. The maximum Gasteiger partial charge on any atom is 0.164 e. The summed E-state index contributed by atoms with van der Waals surface area (Å²) in [6, 6.07) is 5.94. The Bertz CT molecular complexity index is 479. The molecule has 0 saturated carbocycles. The number of benzene rings is 1. The van der Waals surface area contributed by atoms with Crippen LogP contribution < -0.4 is 5.32 Å². The molecule has 0 spiro atoms. The Morgan fingerprint density at radius 1 is 1.47 bits per heavy atom. The van der Waals surface area contributed by atoms with Crippen molar-refractivity contribution in [3.05, 3.63) is 29.3 Å².